The molecule has 0 bridgehead atoms. The molecule has 0 amide bonds. The fourth-order valence-electron chi connectivity index (χ4n) is 3.09. The molecule has 0 aliphatic rings. The van der Waals surface area contributed by atoms with Gasteiger partial charge >= 0.3 is 5.97 Å². The number of carbonyl (C=O) groups is 1. The number of esters is 1. The number of nitrogen functional groups attached to an aromatic ring is 1. The van der Waals surface area contributed by atoms with Crippen molar-refractivity contribution in [3.63, 3.8) is 0 Å². The Bertz CT molecular complexity index is 925. The van der Waals surface area contributed by atoms with Gasteiger partial charge in [0.25, 0.3) is 0 Å². The van der Waals surface area contributed by atoms with Gasteiger partial charge in [-0.15, -0.1) is 0 Å². The van der Waals surface area contributed by atoms with E-state index >= 15 is 0 Å². The van der Waals surface area contributed by atoms with Crippen molar-refractivity contribution < 1.29 is 23.8 Å². The second-order valence-corrected chi connectivity index (χ2v) is 6.82. The maximum atomic E-state index is 14.5. The predicted molar refractivity (Wildman–Crippen MR) is 111 cm³/mol. The Morgan fingerprint density at radius 1 is 1.37 bits per heavy atom. The molecule has 2 atom stereocenters. The molecule has 0 heterocycles. The topological polar surface area (TPSA) is 118 Å². The number of anilines is 1. The van der Waals surface area contributed by atoms with Crippen molar-refractivity contribution in [2.24, 2.45) is 0 Å². The molecule has 2 rings (SSSR count). The van der Waals surface area contributed by atoms with Gasteiger partial charge < -0.3 is 25.6 Å². The molecule has 4 N–H and O–H groups in total. The van der Waals surface area contributed by atoms with Crippen molar-refractivity contribution in [1.29, 1.82) is 5.26 Å². The Labute approximate surface area is 175 Å². The fraction of sp³-hybridized carbons (Fsp3) is 0.364. The lowest BCUT2D eigenvalue weighted by atomic mass is 9.97. The van der Waals surface area contributed by atoms with Gasteiger partial charge in [-0.1, -0.05) is 12.1 Å². The van der Waals surface area contributed by atoms with Crippen LogP contribution in [-0.4, -0.2) is 37.4 Å². The number of carbonyl (C=O) groups excluding carboxylic acids is 1. The van der Waals surface area contributed by atoms with Crippen LogP contribution >= 0.6 is 0 Å². The second kappa shape index (κ2) is 10.6. The zero-order chi connectivity index (χ0) is 22.3. The number of nitrogens with one attached hydrogen (secondary N) is 1. The van der Waals surface area contributed by atoms with E-state index in [-0.39, 0.29) is 36.0 Å². The lowest BCUT2D eigenvalue weighted by Gasteiger charge is -2.20. The van der Waals surface area contributed by atoms with Crippen molar-refractivity contribution >= 4 is 11.7 Å². The highest BCUT2D eigenvalue weighted by molar-refractivity contribution is 5.95. The number of halogens is 1. The smallest absolute Gasteiger partial charge is 0.342 e. The van der Waals surface area contributed by atoms with Crippen molar-refractivity contribution in [1.82, 2.24) is 5.32 Å². The summed E-state index contributed by atoms with van der Waals surface area (Å²) in [7, 11) is 1.60. The molecule has 160 valence electrons. The van der Waals surface area contributed by atoms with Crippen LogP contribution in [0.2, 0.25) is 0 Å². The molecule has 0 saturated heterocycles. The van der Waals surface area contributed by atoms with E-state index in [2.05, 4.69) is 5.32 Å². The third-order valence-electron chi connectivity index (χ3n) is 4.66. The zero-order valence-electron chi connectivity index (χ0n) is 17.2. The van der Waals surface area contributed by atoms with Crippen LogP contribution in [-0.2, 0) is 11.2 Å². The van der Waals surface area contributed by atoms with Crippen LogP contribution in [0.25, 0.3) is 0 Å². The van der Waals surface area contributed by atoms with Crippen LogP contribution in [0, 0.1) is 17.1 Å². The highest BCUT2D eigenvalue weighted by Gasteiger charge is 2.25. The highest BCUT2D eigenvalue weighted by atomic mass is 19.1. The lowest BCUT2D eigenvalue weighted by Crippen LogP contribution is -2.32. The standard InChI is InChI=1S/C22H26FN3O4/c1-4-30-22(28)20-17(11-24)21(25)16(10-18(20)23)19(27)12-26-13(2)9-14-5-7-15(29-3)8-6-14/h5-8,10,13,19,26-27H,4,9,12,25H2,1-3H3. The van der Waals surface area contributed by atoms with Crippen molar-refractivity contribution in [3.8, 4) is 11.8 Å². The fourth-order valence-corrected chi connectivity index (χ4v) is 3.09. The molecule has 7 nitrogen and oxygen atoms in total. The van der Waals surface area contributed by atoms with Crippen molar-refractivity contribution in [2.75, 3.05) is 26.0 Å². The number of aliphatic hydroxyl groups excluding tert-OH is 1. The molecule has 0 spiro atoms. The Morgan fingerprint density at radius 3 is 2.60 bits per heavy atom. The van der Waals surface area contributed by atoms with Crippen LogP contribution in [0.1, 0.15) is 47.0 Å². The summed E-state index contributed by atoms with van der Waals surface area (Å²) in [6.07, 6.45) is -0.465. The highest BCUT2D eigenvalue weighted by Crippen LogP contribution is 2.29. The largest absolute Gasteiger partial charge is 0.497 e. The normalized spacial score (nSPS) is 12.7. The summed E-state index contributed by atoms with van der Waals surface area (Å²) in [4.78, 5) is 12.0. The summed E-state index contributed by atoms with van der Waals surface area (Å²) >= 11 is 0. The van der Waals surface area contributed by atoms with E-state index in [4.69, 9.17) is 15.2 Å². The third kappa shape index (κ3) is 5.47. The summed E-state index contributed by atoms with van der Waals surface area (Å²) in [5.74, 6) is -1.16. The van der Waals surface area contributed by atoms with Crippen LogP contribution < -0.4 is 15.8 Å². The molecule has 30 heavy (non-hydrogen) atoms. The Balaban J connectivity index is 2.10. The average Bonchev–Trinajstić information content (AvgIpc) is 2.73. The third-order valence-corrected chi connectivity index (χ3v) is 4.66. The molecule has 2 aromatic carbocycles. The molecular weight excluding hydrogens is 389 g/mol. The number of rotatable bonds is 9. The van der Waals surface area contributed by atoms with Gasteiger partial charge in [-0.2, -0.15) is 5.26 Å². The molecule has 2 unspecified atom stereocenters. The van der Waals surface area contributed by atoms with Gasteiger partial charge in [0, 0.05) is 18.2 Å². The molecule has 0 aliphatic heterocycles. The van der Waals surface area contributed by atoms with Gasteiger partial charge in [-0.05, 0) is 44.0 Å². The minimum atomic E-state index is -1.17. The van der Waals surface area contributed by atoms with Gasteiger partial charge in [0.05, 0.1) is 31.1 Å². The first-order chi connectivity index (χ1) is 14.3. The molecule has 8 heteroatoms. The number of methoxy groups -OCH3 is 1. The molecule has 0 saturated carbocycles. The number of aliphatic hydroxyl groups is 1. The van der Waals surface area contributed by atoms with E-state index in [1.165, 1.54) is 0 Å². The summed E-state index contributed by atoms with van der Waals surface area (Å²) in [5, 5.41) is 23.0. The van der Waals surface area contributed by atoms with E-state index in [0.29, 0.717) is 6.42 Å². The first kappa shape index (κ1) is 23.1. The van der Waals surface area contributed by atoms with E-state index < -0.39 is 23.5 Å². The van der Waals surface area contributed by atoms with E-state index in [1.807, 2.05) is 31.2 Å². The molecule has 0 fully saturated rings. The first-order valence-electron chi connectivity index (χ1n) is 9.55. The molecule has 0 aliphatic carbocycles. The summed E-state index contributed by atoms with van der Waals surface area (Å²) in [6.45, 7) is 3.64. The second-order valence-electron chi connectivity index (χ2n) is 6.82. The Kier molecular flexibility index (Phi) is 8.16. The average molecular weight is 415 g/mol. The number of nitrogens with zero attached hydrogens (tertiary/aromatic N) is 1. The van der Waals surface area contributed by atoms with Gasteiger partial charge in [0.2, 0.25) is 0 Å². The lowest BCUT2D eigenvalue weighted by molar-refractivity contribution is 0.0520. The molecular formula is C22H26FN3O4. The Morgan fingerprint density at radius 2 is 2.03 bits per heavy atom. The summed E-state index contributed by atoms with van der Waals surface area (Å²) < 4.78 is 24.4. The maximum absolute atomic E-state index is 14.5. The number of ether oxygens (including phenoxy) is 2. The maximum Gasteiger partial charge on any atom is 0.342 e. The van der Waals surface area contributed by atoms with E-state index in [1.54, 1.807) is 20.1 Å². The van der Waals surface area contributed by atoms with Gasteiger partial charge in [-0.3, -0.25) is 0 Å². The summed E-state index contributed by atoms with van der Waals surface area (Å²) in [5.41, 5.74) is 6.09. The molecule has 0 aromatic heterocycles. The van der Waals surface area contributed by atoms with Gasteiger partial charge in [0.15, 0.2) is 0 Å². The molecule has 2 aromatic rings. The van der Waals surface area contributed by atoms with Crippen LogP contribution in [0.5, 0.6) is 5.75 Å². The van der Waals surface area contributed by atoms with Crippen LogP contribution in [0.4, 0.5) is 10.1 Å². The number of nitrogens with two attached hydrogens (primary N) is 1. The number of hydrogen-bond acceptors (Lipinski definition) is 7. The minimum Gasteiger partial charge on any atom is -0.497 e. The van der Waals surface area contributed by atoms with Crippen molar-refractivity contribution in [2.45, 2.75) is 32.4 Å². The van der Waals surface area contributed by atoms with Gasteiger partial charge in [0.1, 0.15) is 23.2 Å². The van der Waals surface area contributed by atoms with Crippen LogP contribution in [0.15, 0.2) is 30.3 Å². The Hall–Kier alpha value is -3.15. The van der Waals surface area contributed by atoms with Crippen molar-refractivity contribution in [3.05, 3.63) is 58.4 Å². The predicted octanol–water partition coefficient (Wildman–Crippen LogP) is 2.72. The van der Waals surface area contributed by atoms with E-state index in [9.17, 15) is 19.6 Å². The summed E-state index contributed by atoms with van der Waals surface area (Å²) in [6, 6.07) is 10.4. The number of benzene rings is 2. The minimum absolute atomic E-state index is 0.00774. The first-order valence-corrected chi connectivity index (χ1v) is 9.55. The number of nitriles is 1. The van der Waals surface area contributed by atoms with Gasteiger partial charge in [-0.25, -0.2) is 9.18 Å². The quantitative estimate of drug-likeness (QED) is 0.426. The number of hydrogen-bond donors (Lipinski definition) is 3. The van der Waals surface area contributed by atoms with Crippen LogP contribution in [0.3, 0.4) is 0 Å². The SMILES string of the molecule is CCOC(=O)c1c(F)cc(C(O)CNC(C)Cc2ccc(OC)cc2)c(N)c1C#N. The van der Waals surface area contributed by atoms with E-state index in [0.717, 1.165) is 17.4 Å². The zero-order valence-corrected chi connectivity index (χ0v) is 17.2. The molecule has 0 radical (unpaired) electrons. The monoisotopic (exact) mass is 415 g/mol.